The second kappa shape index (κ2) is 5.53. The zero-order valence-corrected chi connectivity index (χ0v) is 12.9. The van der Waals surface area contributed by atoms with Gasteiger partial charge in [-0.25, -0.2) is 0 Å². The molecule has 1 aliphatic rings. The molecule has 0 unspecified atom stereocenters. The summed E-state index contributed by atoms with van der Waals surface area (Å²) in [4.78, 5) is 16.8. The predicted molar refractivity (Wildman–Crippen MR) is 81.4 cm³/mol. The smallest absolute Gasteiger partial charge is 0.311 e. The van der Waals surface area contributed by atoms with Crippen LogP contribution in [0, 0.1) is 0 Å². The summed E-state index contributed by atoms with van der Waals surface area (Å²) < 4.78 is 38.4. The number of hydrogen-bond donors (Lipinski definition) is 0. The molecule has 2 heterocycles. The molecule has 3 rings (SSSR count). The van der Waals surface area contributed by atoms with Crippen molar-refractivity contribution in [3.8, 4) is 11.1 Å². The number of nitrogens with zero attached hydrogens (tertiary/aromatic N) is 2. The fourth-order valence-corrected chi connectivity index (χ4v) is 3.07. The lowest BCUT2D eigenvalue weighted by Crippen LogP contribution is -2.26. The van der Waals surface area contributed by atoms with Gasteiger partial charge in [-0.2, -0.15) is 13.2 Å². The molecule has 7 heteroatoms. The van der Waals surface area contributed by atoms with E-state index in [0.717, 1.165) is 17.8 Å². The van der Waals surface area contributed by atoms with Crippen molar-refractivity contribution in [3.05, 3.63) is 46.7 Å². The van der Waals surface area contributed by atoms with E-state index in [2.05, 4.69) is 4.98 Å². The van der Waals surface area contributed by atoms with E-state index in [9.17, 15) is 18.0 Å². The molecule has 23 heavy (non-hydrogen) atoms. The fourth-order valence-electron chi connectivity index (χ4n) is 2.73. The number of alkyl halides is 3. The van der Waals surface area contributed by atoms with Crippen molar-refractivity contribution >= 4 is 23.2 Å². The van der Waals surface area contributed by atoms with Crippen molar-refractivity contribution in [1.29, 1.82) is 0 Å². The number of aromatic nitrogens is 1. The Hall–Kier alpha value is -2.08. The number of carbonyl (C=O) groups is 1. The minimum absolute atomic E-state index is 0.112. The monoisotopic (exact) mass is 340 g/mol. The lowest BCUT2D eigenvalue weighted by Gasteiger charge is -2.17. The van der Waals surface area contributed by atoms with Crippen molar-refractivity contribution in [2.75, 3.05) is 11.4 Å². The van der Waals surface area contributed by atoms with Gasteiger partial charge in [-0.3, -0.25) is 9.78 Å². The Kier molecular flexibility index (Phi) is 3.80. The minimum atomic E-state index is -4.45. The Balaban J connectivity index is 2.07. The standard InChI is InChI=1S/C16H12ClF3N2O/c1-9(23)22-3-2-10-4-11(6-14(17)15(10)22)12-5-13(8-21-7-12)16(18,19)20/h4-8H,2-3H2,1H3. The van der Waals surface area contributed by atoms with Crippen molar-refractivity contribution in [2.45, 2.75) is 19.5 Å². The SMILES string of the molecule is CC(=O)N1CCc2cc(-c3cncc(C(F)(F)F)c3)cc(Cl)c21. The summed E-state index contributed by atoms with van der Waals surface area (Å²) in [6.07, 6.45) is -1.68. The van der Waals surface area contributed by atoms with E-state index in [1.165, 1.54) is 13.1 Å². The zero-order valence-electron chi connectivity index (χ0n) is 12.1. The molecule has 1 aromatic carbocycles. The van der Waals surface area contributed by atoms with Crippen LogP contribution in [-0.4, -0.2) is 17.4 Å². The normalized spacial score (nSPS) is 14.0. The van der Waals surface area contributed by atoms with Gasteiger partial charge in [-0.05, 0) is 35.7 Å². The Morgan fingerprint density at radius 2 is 1.96 bits per heavy atom. The molecule has 0 aliphatic carbocycles. The number of anilines is 1. The van der Waals surface area contributed by atoms with Gasteiger partial charge in [0.25, 0.3) is 0 Å². The third-order valence-electron chi connectivity index (χ3n) is 3.80. The van der Waals surface area contributed by atoms with Crippen LogP contribution >= 0.6 is 11.6 Å². The first-order valence-corrected chi connectivity index (χ1v) is 7.28. The van der Waals surface area contributed by atoms with Gasteiger partial charge >= 0.3 is 6.18 Å². The van der Waals surface area contributed by atoms with Crippen LogP contribution in [0.1, 0.15) is 18.1 Å². The summed E-state index contributed by atoms with van der Waals surface area (Å²) in [5.74, 6) is -0.112. The largest absolute Gasteiger partial charge is 0.417 e. The molecule has 120 valence electrons. The summed E-state index contributed by atoms with van der Waals surface area (Å²) >= 11 is 6.26. The zero-order chi connectivity index (χ0) is 16.8. The van der Waals surface area contributed by atoms with Gasteiger partial charge in [-0.1, -0.05) is 11.6 Å². The lowest BCUT2D eigenvalue weighted by atomic mass is 10.0. The van der Waals surface area contributed by atoms with Crippen LogP contribution in [0.2, 0.25) is 5.02 Å². The van der Waals surface area contributed by atoms with Gasteiger partial charge in [0.15, 0.2) is 0 Å². The minimum Gasteiger partial charge on any atom is -0.311 e. The lowest BCUT2D eigenvalue weighted by molar-refractivity contribution is -0.137. The number of halogens is 4. The highest BCUT2D eigenvalue weighted by Gasteiger charge is 2.31. The number of pyridine rings is 1. The second-order valence-electron chi connectivity index (χ2n) is 5.35. The van der Waals surface area contributed by atoms with Crippen LogP contribution in [-0.2, 0) is 17.4 Å². The summed E-state index contributed by atoms with van der Waals surface area (Å²) in [5, 5.41) is 0.350. The van der Waals surface area contributed by atoms with Gasteiger partial charge in [-0.15, -0.1) is 0 Å². The van der Waals surface area contributed by atoms with Crippen LogP contribution in [0.3, 0.4) is 0 Å². The molecule has 1 amide bonds. The Morgan fingerprint density at radius 3 is 2.61 bits per heavy atom. The molecule has 0 atom stereocenters. The molecule has 0 saturated heterocycles. The molecule has 0 radical (unpaired) electrons. The molecule has 1 aliphatic heterocycles. The number of amides is 1. The van der Waals surface area contributed by atoms with Crippen LogP contribution in [0.5, 0.6) is 0 Å². The number of carbonyl (C=O) groups excluding carboxylic acids is 1. The van der Waals surface area contributed by atoms with Crippen LogP contribution < -0.4 is 4.90 Å². The van der Waals surface area contributed by atoms with Gasteiger partial charge in [0, 0.05) is 31.4 Å². The highest BCUT2D eigenvalue weighted by Crippen LogP contribution is 2.39. The predicted octanol–water partition coefficient (Wildman–Crippen LogP) is 4.33. The average Bonchev–Trinajstić information content (AvgIpc) is 2.91. The molecule has 0 spiro atoms. The molecular weight excluding hydrogens is 329 g/mol. The summed E-state index contributed by atoms with van der Waals surface area (Å²) in [7, 11) is 0. The Bertz CT molecular complexity index is 789. The topological polar surface area (TPSA) is 33.2 Å². The molecule has 3 nitrogen and oxygen atoms in total. The molecule has 0 saturated carbocycles. The fraction of sp³-hybridized carbons (Fsp3) is 0.250. The first-order valence-electron chi connectivity index (χ1n) is 6.90. The molecular formula is C16H12ClF3N2O. The maximum atomic E-state index is 12.8. The van der Waals surface area contributed by atoms with Crippen LogP contribution in [0.15, 0.2) is 30.6 Å². The molecule has 0 bridgehead atoms. The van der Waals surface area contributed by atoms with Gasteiger partial charge in [0.05, 0.1) is 16.3 Å². The Morgan fingerprint density at radius 1 is 1.22 bits per heavy atom. The van der Waals surface area contributed by atoms with E-state index in [1.807, 2.05) is 0 Å². The quantitative estimate of drug-likeness (QED) is 0.774. The molecule has 2 aromatic rings. The average molecular weight is 341 g/mol. The van der Waals surface area contributed by atoms with E-state index in [1.54, 1.807) is 17.0 Å². The summed E-state index contributed by atoms with van der Waals surface area (Å²) in [5.41, 5.74) is 1.57. The van der Waals surface area contributed by atoms with Crippen LogP contribution in [0.25, 0.3) is 11.1 Å². The first-order chi connectivity index (χ1) is 10.8. The third-order valence-corrected chi connectivity index (χ3v) is 4.08. The van der Waals surface area contributed by atoms with Gasteiger partial charge < -0.3 is 4.90 Å². The van der Waals surface area contributed by atoms with E-state index < -0.39 is 11.7 Å². The Labute approximate surface area is 135 Å². The van der Waals surface area contributed by atoms with Gasteiger partial charge in [0.1, 0.15) is 0 Å². The van der Waals surface area contributed by atoms with Crippen molar-refractivity contribution in [3.63, 3.8) is 0 Å². The number of hydrogen-bond acceptors (Lipinski definition) is 2. The third kappa shape index (κ3) is 2.91. The van der Waals surface area contributed by atoms with Crippen molar-refractivity contribution < 1.29 is 18.0 Å². The highest BCUT2D eigenvalue weighted by molar-refractivity contribution is 6.34. The number of rotatable bonds is 1. The van der Waals surface area contributed by atoms with Crippen molar-refractivity contribution in [1.82, 2.24) is 4.98 Å². The first kappa shape index (κ1) is 15.8. The number of fused-ring (bicyclic) bond motifs is 1. The molecule has 0 fully saturated rings. The van der Waals surface area contributed by atoms with Crippen molar-refractivity contribution in [2.24, 2.45) is 0 Å². The van der Waals surface area contributed by atoms with E-state index in [-0.39, 0.29) is 5.91 Å². The van der Waals surface area contributed by atoms with Gasteiger partial charge in [0.2, 0.25) is 5.91 Å². The maximum absolute atomic E-state index is 12.8. The summed E-state index contributed by atoms with van der Waals surface area (Å²) in [6.45, 7) is 1.98. The van der Waals surface area contributed by atoms with E-state index in [0.29, 0.717) is 34.8 Å². The molecule has 0 N–H and O–H groups in total. The van der Waals surface area contributed by atoms with E-state index in [4.69, 9.17) is 11.6 Å². The van der Waals surface area contributed by atoms with E-state index >= 15 is 0 Å². The second-order valence-corrected chi connectivity index (χ2v) is 5.75. The number of benzene rings is 1. The summed E-state index contributed by atoms with van der Waals surface area (Å²) in [6, 6.07) is 4.38. The highest BCUT2D eigenvalue weighted by atomic mass is 35.5. The molecule has 1 aromatic heterocycles. The maximum Gasteiger partial charge on any atom is 0.417 e. The van der Waals surface area contributed by atoms with Crippen LogP contribution in [0.4, 0.5) is 18.9 Å².